The topological polar surface area (TPSA) is 53.4 Å². The van der Waals surface area contributed by atoms with E-state index >= 15 is 0 Å². The second-order valence-corrected chi connectivity index (χ2v) is 7.69. The van der Waals surface area contributed by atoms with Crippen LogP contribution in [0.2, 0.25) is 0 Å². The van der Waals surface area contributed by atoms with Crippen LogP contribution in [-0.4, -0.2) is 46.3 Å². The summed E-state index contributed by atoms with van der Waals surface area (Å²) < 4.78 is 0. The average molecular weight is 329 g/mol. The zero-order chi connectivity index (χ0) is 15.1. The van der Waals surface area contributed by atoms with Crippen LogP contribution < -0.4 is 0 Å². The molecule has 0 aromatic carbocycles. The minimum atomic E-state index is 0.232. The molecule has 0 bridgehead atoms. The molecule has 118 valence electrons. The molecule has 1 atom stereocenters. The highest BCUT2D eigenvalue weighted by Crippen LogP contribution is 2.21. The third-order valence-corrected chi connectivity index (χ3v) is 5.60. The van der Waals surface area contributed by atoms with E-state index in [-0.39, 0.29) is 12.5 Å². The number of hydrogen-bond acceptors (Lipinski definition) is 5. The van der Waals surface area contributed by atoms with Crippen LogP contribution >= 0.6 is 23.1 Å². The molecule has 0 spiro atoms. The minimum Gasteiger partial charge on any atom is -0.396 e. The van der Waals surface area contributed by atoms with Crippen molar-refractivity contribution in [3.05, 3.63) is 16.1 Å². The molecular weight excluding hydrogens is 304 g/mol. The van der Waals surface area contributed by atoms with Crippen molar-refractivity contribution in [2.24, 2.45) is 5.92 Å². The lowest BCUT2D eigenvalue weighted by molar-refractivity contribution is -0.132. The third kappa shape index (κ3) is 5.60. The lowest BCUT2D eigenvalue weighted by Gasteiger charge is -2.32. The van der Waals surface area contributed by atoms with Crippen molar-refractivity contribution in [1.82, 2.24) is 9.88 Å². The molecule has 2 heterocycles. The van der Waals surface area contributed by atoms with E-state index in [4.69, 9.17) is 5.11 Å². The Labute approximate surface area is 135 Å². The van der Waals surface area contributed by atoms with Crippen molar-refractivity contribution in [3.63, 3.8) is 0 Å². The van der Waals surface area contributed by atoms with Gasteiger partial charge in [-0.3, -0.25) is 4.79 Å². The number of aliphatic hydroxyl groups excluding tert-OH is 1. The molecule has 0 aliphatic carbocycles. The number of thiazole rings is 1. The summed E-state index contributed by atoms with van der Waals surface area (Å²) in [5.41, 5.74) is 1.12. The van der Waals surface area contributed by atoms with Crippen LogP contribution in [-0.2, 0) is 10.5 Å². The Kier molecular flexibility index (Phi) is 6.99. The molecule has 0 radical (unpaired) electrons. The Morgan fingerprint density at radius 3 is 3.19 bits per heavy atom. The van der Waals surface area contributed by atoms with E-state index in [2.05, 4.69) is 10.4 Å². The van der Waals surface area contributed by atoms with Crippen LogP contribution in [0.3, 0.4) is 0 Å². The second kappa shape index (κ2) is 8.76. The largest absolute Gasteiger partial charge is 0.396 e. The maximum absolute atomic E-state index is 12.2. The summed E-state index contributed by atoms with van der Waals surface area (Å²) in [6, 6.07) is 0. The highest BCUT2D eigenvalue weighted by Gasteiger charge is 2.22. The molecule has 1 fully saturated rings. The van der Waals surface area contributed by atoms with Gasteiger partial charge in [0.25, 0.3) is 0 Å². The number of likely N-dealkylation sites (tertiary alicyclic amines) is 1. The monoisotopic (exact) mass is 328 g/mol. The quantitative estimate of drug-likeness (QED) is 0.782. The maximum atomic E-state index is 12.2. The molecule has 6 heteroatoms. The van der Waals surface area contributed by atoms with E-state index in [9.17, 15) is 4.79 Å². The van der Waals surface area contributed by atoms with Gasteiger partial charge in [0.05, 0.1) is 10.7 Å². The van der Waals surface area contributed by atoms with Gasteiger partial charge < -0.3 is 10.0 Å². The van der Waals surface area contributed by atoms with Gasteiger partial charge in [0.15, 0.2) is 0 Å². The van der Waals surface area contributed by atoms with Crippen LogP contribution in [0.4, 0.5) is 0 Å². The molecule has 1 amide bonds. The van der Waals surface area contributed by atoms with Crippen molar-refractivity contribution >= 4 is 29.0 Å². The van der Waals surface area contributed by atoms with E-state index < -0.39 is 0 Å². The van der Waals surface area contributed by atoms with E-state index in [1.165, 1.54) is 0 Å². The fraction of sp³-hybridized carbons (Fsp3) is 0.733. The first-order chi connectivity index (χ1) is 10.2. The molecule has 1 aromatic rings. The summed E-state index contributed by atoms with van der Waals surface area (Å²) in [5.74, 6) is 2.50. The number of piperidine rings is 1. The number of aromatic nitrogens is 1. The molecular formula is C15H24N2O2S2. The van der Waals surface area contributed by atoms with Gasteiger partial charge in [0.2, 0.25) is 5.91 Å². The van der Waals surface area contributed by atoms with Crippen molar-refractivity contribution in [1.29, 1.82) is 0 Å². The number of carbonyl (C=O) groups is 1. The Hall–Kier alpha value is -0.590. The molecule has 4 nitrogen and oxygen atoms in total. The predicted molar refractivity (Wildman–Crippen MR) is 88.6 cm³/mol. The second-order valence-electron chi connectivity index (χ2n) is 5.52. The van der Waals surface area contributed by atoms with Gasteiger partial charge in [-0.15, -0.1) is 11.3 Å². The van der Waals surface area contributed by atoms with Gasteiger partial charge >= 0.3 is 0 Å². The number of thioether (sulfide) groups is 1. The molecule has 1 N–H and O–H groups in total. The lowest BCUT2D eigenvalue weighted by Crippen LogP contribution is -2.40. The van der Waals surface area contributed by atoms with Crippen LogP contribution in [0.1, 0.15) is 36.4 Å². The standard InChI is InChI=1S/C15H24N2O2S2/c1-12-16-14(11-21-12)10-20-8-5-15(19)17-6-2-3-13(9-17)4-7-18/h11,13,18H,2-10H2,1H3. The van der Waals surface area contributed by atoms with Gasteiger partial charge in [0, 0.05) is 43.0 Å². The summed E-state index contributed by atoms with van der Waals surface area (Å²) >= 11 is 3.46. The summed E-state index contributed by atoms with van der Waals surface area (Å²) in [6.07, 6.45) is 3.64. The van der Waals surface area contributed by atoms with Gasteiger partial charge in [-0.05, 0) is 32.1 Å². The fourth-order valence-electron chi connectivity index (χ4n) is 2.68. The molecule has 0 saturated carbocycles. The highest BCUT2D eigenvalue weighted by molar-refractivity contribution is 7.98. The fourth-order valence-corrected chi connectivity index (χ4v) is 4.22. The number of aryl methyl sites for hydroxylation is 1. The van der Waals surface area contributed by atoms with Crippen LogP contribution in [0.15, 0.2) is 5.38 Å². The van der Waals surface area contributed by atoms with Crippen molar-refractivity contribution < 1.29 is 9.90 Å². The van der Waals surface area contributed by atoms with Crippen LogP contribution in [0.25, 0.3) is 0 Å². The molecule has 1 unspecified atom stereocenters. The first kappa shape index (κ1) is 16.8. The zero-order valence-electron chi connectivity index (χ0n) is 12.6. The first-order valence-corrected chi connectivity index (χ1v) is 9.60. The van der Waals surface area contributed by atoms with Crippen molar-refractivity contribution in [2.45, 2.75) is 38.4 Å². The van der Waals surface area contributed by atoms with E-state index in [0.717, 1.165) is 54.6 Å². The average Bonchev–Trinajstić information content (AvgIpc) is 2.90. The van der Waals surface area contributed by atoms with Crippen molar-refractivity contribution in [3.8, 4) is 0 Å². The molecule has 1 aliphatic heterocycles. The van der Waals surface area contributed by atoms with Gasteiger partial charge in [-0.1, -0.05) is 0 Å². The Balaban J connectivity index is 1.64. The third-order valence-electron chi connectivity index (χ3n) is 3.79. The van der Waals surface area contributed by atoms with Gasteiger partial charge in [-0.25, -0.2) is 4.98 Å². The summed E-state index contributed by atoms with van der Waals surface area (Å²) in [6.45, 7) is 3.96. The number of carbonyl (C=O) groups excluding carboxylic acids is 1. The Bertz CT molecular complexity index is 449. The summed E-state index contributed by atoms with van der Waals surface area (Å²) in [5, 5.41) is 12.2. The smallest absolute Gasteiger partial charge is 0.223 e. The van der Waals surface area contributed by atoms with E-state index in [1.807, 2.05) is 11.8 Å². The van der Waals surface area contributed by atoms with Crippen molar-refractivity contribution in [2.75, 3.05) is 25.4 Å². The number of amides is 1. The SMILES string of the molecule is Cc1nc(CSCCC(=O)N2CCCC(CCO)C2)cs1. The van der Waals surface area contributed by atoms with Crippen LogP contribution in [0.5, 0.6) is 0 Å². The number of nitrogens with zero attached hydrogens (tertiary/aromatic N) is 2. The van der Waals surface area contributed by atoms with Crippen LogP contribution in [0, 0.1) is 12.8 Å². The zero-order valence-corrected chi connectivity index (χ0v) is 14.2. The Morgan fingerprint density at radius 1 is 1.62 bits per heavy atom. The Morgan fingerprint density at radius 2 is 2.48 bits per heavy atom. The van der Waals surface area contributed by atoms with E-state index in [0.29, 0.717) is 12.3 Å². The molecule has 1 aromatic heterocycles. The predicted octanol–water partition coefficient (Wildman–Crippen LogP) is 2.70. The number of aliphatic hydroxyl groups is 1. The molecule has 21 heavy (non-hydrogen) atoms. The van der Waals surface area contributed by atoms with E-state index in [1.54, 1.807) is 23.1 Å². The number of hydrogen-bond donors (Lipinski definition) is 1. The summed E-state index contributed by atoms with van der Waals surface area (Å²) in [4.78, 5) is 18.6. The summed E-state index contributed by atoms with van der Waals surface area (Å²) in [7, 11) is 0. The maximum Gasteiger partial charge on any atom is 0.223 e. The highest BCUT2D eigenvalue weighted by atomic mass is 32.2. The van der Waals surface area contributed by atoms with Gasteiger partial charge in [-0.2, -0.15) is 11.8 Å². The molecule has 1 saturated heterocycles. The van der Waals surface area contributed by atoms with Gasteiger partial charge in [0.1, 0.15) is 0 Å². The normalized spacial score (nSPS) is 19.0. The molecule has 2 rings (SSSR count). The number of rotatable bonds is 7. The lowest BCUT2D eigenvalue weighted by atomic mass is 9.95. The minimum absolute atomic E-state index is 0.232. The molecule has 1 aliphatic rings. The first-order valence-electron chi connectivity index (χ1n) is 7.56.